The summed E-state index contributed by atoms with van der Waals surface area (Å²) in [5.74, 6) is -0.223. The highest BCUT2D eigenvalue weighted by atomic mass is 32.1. The Balaban J connectivity index is 2.04. The number of aromatic nitrogens is 1. The van der Waals surface area contributed by atoms with Crippen LogP contribution in [0.15, 0.2) is 53.9 Å². The fourth-order valence-corrected chi connectivity index (χ4v) is 2.79. The Morgan fingerprint density at radius 2 is 1.84 bits per heavy atom. The molecule has 0 unspecified atom stereocenters. The van der Waals surface area contributed by atoms with Crippen molar-refractivity contribution in [1.82, 2.24) is 4.98 Å². The maximum Gasteiger partial charge on any atom is 0.133 e. The summed E-state index contributed by atoms with van der Waals surface area (Å²) in [4.78, 5) is 4.53. The van der Waals surface area contributed by atoms with Gasteiger partial charge in [0.15, 0.2) is 0 Å². The van der Waals surface area contributed by atoms with Crippen LogP contribution in [0.3, 0.4) is 0 Å². The first-order valence-corrected chi connectivity index (χ1v) is 6.89. The monoisotopic (exact) mass is 269 g/mol. The molecule has 94 valence electrons. The topological polar surface area (TPSA) is 12.9 Å². The number of benzene rings is 2. The molecule has 0 N–H and O–H groups in total. The van der Waals surface area contributed by atoms with Crippen LogP contribution in [0, 0.1) is 12.7 Å². The summed E-state index contributed by atoms with van der Waals surface area (Å²) in [6.45, 7) is 1.95. The number of nitrogens with zero attached hydrogens (tertiary/aromatic N) is 1. The SMILES string of the molecule is Cc1ccc(F)c(-c2nc(-c3ccccc3)cs2)c1. The quantitative estimate of drug-likeness (QED) is 0.643. The zero-order valence-corrected chi connectivity index (χ0v) is 11.2. The predicted octanol–water partition coefficient (Wildman–Crippen LogP) is 4.92. The van der Waals surface area contributed by atoms with Crippen molar-refractivity contribution < 1.29 is 4.39 Å². The lowest BCUT2D eigenvalue weighted by molar-refractivity contribution is 0.631. The molecule has 1 nitrogen and oxygen atoms in total. The standard InChI is InChI=1S/C16H12FNS/c1-11-7-8-14(17)13(9-11)16-18-15(10-19-16)12-5-3-2-4-6-12/h2-10H,1H3. The van der Waals surface area contributed by atoms with Crippen LogP contribution >= 0.6 is 11.3 Å². The van der Waals surface area contributed by atoms with E-state index in [-0.39, 0.29) is 5.82 Å². The van der Waals surface area contributed by atoms with Crippen LogP contribution in [0.2, 0.25) is 0 Å². The number of halogens is 1. The van der Waals surface area contributed by atoms with E-state index in [1.54, 1.807) is 6.07 Å². The van der Waals surface area contributed by atoms with Crippen LogP contribution in [0.1, 0.15) is 5.56 Å². The van der Waals surface area contributed by atoms with E-state index in [2.05, 4.69) is 4.98 Å². The van der Waals surface area contributed by atoms with E-state index in [0.717, 1.165) is 21.8 Å². The minimum absolute atomic E-state index is 0.223. The van der Waals surface area contributed by atoms with E-state index in [1.807, 2.05) is 48.7 Å². The predicted molar refractivity (Wildman–Crippen MR) is 77.7 cm³/mol. The van der Waals surface area contributed by atoms with Crippen molar-refractivity contribution >= 4 is 11.3 Å². The Bertz CT molecular complexity index is 704. The van der Waals surface area contributed by atoms with Crippen molar-refractivity contribution in [1.29, 1.82) is 0 Å². The van der Waals surface area contributed by atoms with Gasteiger partial charge in [-0.05, 0) is 19.1 Å². The minimum atomic E-state index is -0.223. The first-order valence-electron chi connectivity index (χ1n) is 6.01. The Labute approximate surface area is 115 Å². The molecule has 0 aliphatic rings. The number of hydrogen-bond acceptors (Lipinski definition) is 2. The van der Waals surface area contributed by atoms with Gasteiger partial charge < -0.3 is 0 Å². The van der Waals surface area contributed by atoms with Gasteiger partial charge in [0, 0.05) is 16.5 Å². The van der Waals surface area contributed by atoms with Crippen molar-refractivity contribution in [3.05, 3.63) is 65.3 Å². The molecule has 1 heterocycles. The average Bonchev–Trinajstić information content (AvgIpc) is 2.92. The molecule has 0 fully saturated rings. The minimum Gasteiger partial charge on any atom is -0.236 e. The molecule has 0 saturated heterocycles. The Morgan fingerprint density at radius 1 is 1.05 bits per heavy atom. The molecule has 0 bridgehead atoms. The van der Waals surface area contributed by atoms with Crippen molar-refractivity contribution in [2.24, 2.45) is 0 Å². The van der Waals surface area contributed by atoms with Crippen LogP contribution in [-0.2, 0) is 0 Å². The summed E-state index contributed by atoms with van der Waals surface area (Å²) >= 11 is 1.47. The lowest BCUT2D eigenvalue weighted by Gasteiger charge is -2.00. The zero-order valence-electron chi connectivity index (χ0n) is 10.4. The molecule has 0 atom stereocenters. The summed E-state index contributed by atoms with van der Waals surface area (Å²) in [7, 11) is 0. The molecule has 0 amide bonds. The maximum atomic E-state index is 13.8. The molecule has 3 aromatic rings. The Morgan fingerprint density at radius 3 is 2.63 bits per heavy atom. The molecular formula is C16H12FNS. The fraction of sp³-hybridized carbons (Fsp3) is 0.0625. The second-order valence-corrected chi connectivity index (χ2v) is 5.25. The average molecular weight is 269 g/mol. The first-order chi connectivity index (χ1) is 9.24. The van der Waals surface area contributed by atoms with Gasteiger partial charge in [0.2, 0.25) is 0 Å². The van der Waals surface area contributed by atoms with Crippen molar-refractivity contribution in [3.8, 4) is 21.8 Å². The molecule has 2 aromatic carbocycles. The molecule has 0 spiro atoms. The third kappa shape index (κ3) is 2.42. The summed E-state index contributed by atoms with van der Waals surface area (Å²) in [5, 5.41) is 2.69. The van der Waals surface area contributed by atoms with Gasteiger partial charge in [-0.2, -0.15) is 0 Å². The maximum absolute atomic E-state index is 13.8. The second-order valence-electron chi connectivity index (χ2n) is 4.39. The molecule has 3 rings (SSSR count). The van der Waals surface area contributed by atoms with Crippen molar-refractivity contribution in [2.75, 3.05) is 0 Å². The highest BCUT2D eigenvalue weighted by molar-refractivity contribution is 7.13. The first kappa shape index (κ1) is 12.1. The van der Waals surface area contributed by atoms with Gasteiger partial charge >= 0.3 is 0 Å². The fourth-order valence-electron chi connectivity index (χ4n) is 1.94. The van der Waals surface area contributed by atoms with Gasteiger partial charge in [0.05, 0.1) is 5.69 Å². The van der Waals surface area contributed by atoms with E-state index in [1.165, 1.54) is 17.4 Å². The molecule has 0 aliphatic carbocycles. The number of hydrogen-bond donors (Lipinski definition) is 0. The van der Waals surface area contributed by atoms with Gasteiger partial charge in [-0.3, -0.25) is 0 Å². The normalized spacial score (nSPS) is 10.6. The van der Waals surface area contributed by atoms with E-state index in [4.69, 9.17) is 0 Å². The Hall–Kier alpha value is -2.00. The van der Waals surface area contributed by atoms with E-state index < -0.39 is 0 Å². The van der Waals surface area contributed by atoms with Gasteiger partial charge in [-0.15, -0.1) is 11.3 Å². The highest BCUT2D eigenvalue weighted by Gasteiger charge is 2.10. The zero-order chi connectivity index (χ0) is 13.2. The third-order valence-corrected chi connectivity index (χ3v) is 3.80. The molecule has 19 heavy (non-hydrogen) atoms. The van der Waals surface area contributed by atoms with Gasteiger partial charge in [0.25, 0.3) is 0 Å². The number of thiazole rings is 1. The second kappa shape index (κ2) is 4.94. The van der Waals surface area contributed by atoms with E-state index in [9.17, 15) is 4.39 Å². The van der Waals surface area contributed by atoms with E-state index >= 15 is 0 Å². The Kier molecular flexibility index (Phi) is 3.13. The van der Waals surface area contributed by atoms with Crippen molar-refractivity contribution in [3.63, 3.8) is 0 Å². The summed E-state index contributed by atoms with van der Waals surface area (Å²) in [6, 6.07) is 15.0. The highest BCUT2D eigenvalue weighted by Crippen LogP contribution is 2.30. The lowest BCUT2D eigenvalue weighted by atomic mass is 10.1. The van der Waals surface area contributed by atoms with Gasteiger partial charge in [-0.1, -0.05) is 42.0 Å². The number of aryl methyl sites for hydroxylation is 1. The molecule has 3 heteroatoms. The molecular weight excluding hydrogens is 257 g/mol. The van der Waals surface area contributed by atoms with Crippen LogP contribution < -0.4 is 0 Å². The third-order valence-electron chi connectivity index (χ3n) is 2.93. The molecule has 0 aliphatic heterocycles. The van der Waals surface area contributed by atoms with Crippen LogP contribution in [0.4, 0.5) is 4.39 Å². The van der Waals surface area contributed by atoms with Crippen molar-refractivity contribution in [2.45, 2.75) is 6.92 Å². The van der Waals surface area contributed by atoms with E-state index in [0.29, 0.717) is 5.56 Å². The molecule has 0 radical (unpaired) electrons. The summed E-state index contributed by atoms with van der Waals surface area (Å²) in [5.41, 5.74) is 3.56. The smallest absolute Gasteiger partial charge is 0.133 e. The van der Waals surface area contributed by atoms with Crippen LogP contribution in [-0.4, -0.2) is 4.98 Å². The van der Waals surface area contributed by atoms with Crippen LogP contribution in [0.25, 0.3) is 21.8 Å². The largest absolute Gasteiger partial charge is 0.236 e. The van der Waals surface area contributed by atoms with Gasteiger partial charge in [-0.25, -0.2) is 9.37 Å². The molecule has 1 aromatic heterocycles. The lowest BCUT2D eigenvalue weighted by Crippen LogP contribution is -1.85. The summed E-state index contributed by atoms with van der Waals surface area (Å²) in [6.07, 6.45) is 0. The van der Waals surface area contributed by atoms with Gasteiger partial charge in [0.1, 0.15) is 10.8 Å². The molecule has 0 saturated carbocycles. The van der Waals surface area contributed by atoms with Crippen LogP contribution in [0.5, 0.6) is 0 Å². The number of rotatable bonds is 2. The summed E-state index contributed by atoms with van der Waals surface area (Å²) < 4.78 is 13.8.